The quantitative estimate of drug-likeness (QED) is 0.386. The first-order chi connectivity index (χ1) is 12.3. The Morgan fingerprint density at radius 1 is 0.962 bits per heavy atom. The van der Waals surface area contributed by atoms with Gasteiger partial charge in [0.25, 0.3) is 0 Å². The summed E-state index contributed by atoms with van der Waals surface area (Å²) in [5, 5.41) is 0.0781. The average molecular weight is 364 g/mol. The summed E-state index contributed by atoms with van der Waals surface area (Å²) in [5.41, 5.74) is -0.671. The maximum Gasteiger partial charge on any atom is 0.419 e. The number of hydrogen-bond donors (Lipinski definition) is 0. The van der Waals surface area contributed by atoms with Crippen molar-refractivity contribution < 1.29 is 26.7 Å². The molecule has 0 saturated carbocycles. The smallest absolute Gasteiger partial charge is 0.419 e. The summed E-state index contributed by atoms with van der Waals surface area (Å²) in [7, 11) is 0. The van der Waals surface area contributed by atoms with Crippen molar-refractivity contribution in [3.05, 3.63) is 78.4 Å². The summed E-state index contributed by atoms with van der Waals surface area (Å²) in [4.78, 5) is 0. The van der Waals surface area contributed by atoms with Crippen molar-refractivity contribution in [2.75, 3.05) is 6.61 Å². The molecular weight excluding hydrogens is 351 g/mol. The summed E-state index contributed by atoms with van der Waals surface area (Å²) in [6.07, 6.45) is -3.25. The molecule has 0 saturated heterocycles. The van der Waals surface area contributed by atoms with E-state index in [4.69, 9.17) is 4.74 Å². The molecule has 0 aliphatic heterocycles. The molecule has 3 aromatic carbocycles. The lowest BCUT2D eigenvalue weighted by molar-refractivity contribution is -0.139. The van der Waals surface area contributed by atoms with Gasteiger partial charge in [-0.05, 0) is 35.2 Å². The Balaban J connectivity index is 2.03. The van der Waals surface area contributed by atoms with E-state index in [0.717, 1.165) is 0 Å². The molecule has 0 aliphatic carbocycles. The molecule has 3 rings (SSSR count). The molecule has 134 valence electrons. The van der Waals surface area contributed by atoms with E-state index >= 15 is 0 Å². The zero-order valence-corrected chi connectivity index (χ0v) is 13.4. The van der Waals surface area contributed by atoms with E-state index in [0.29, 0.717) is 17.4 Å². The number of alkyl halides is 3. The molecule has 0 atom stereocenters. The predicted molar refractivity (Wildman–Crippen MR) is 90.0 cm³/mol. The molecule has 3 aromatic rings. The Kier molecular flexibility index (Phi) is 4.68. The van der Waals surface area contributed by atoms with Crippen LogP contribution in [0.1, 0.15) is 5.56 Å². The highest BCUT2D eigenvalue weighted by Crippen LogP contribution is 2.36. The molecule has 0 amide bonds. The second kappa shape index (κ2) is 6.78. The van der Waals surface area contributed by atoms with E-state index < -0.39 is 23.4 Å². The first-order valence-corrected chi connectivity index (χ1v) is 7.64. The summed E-state index contributed by atoms with van der Waals surface area (Å²) >= 11 is 0. The maximum atomic E-state index is 14.3. The molecule has 0 spiro atoms. The van der Waals surface area contributed by atoms with Crippen LogP contribution >= 0.6 is 0 Å². The van der Waals surface area contributed by atoms with E-state index in [1.807, 2.05) is 0 Å². The van der Waals surface area contributed by atoms with Gasteiger partial charge in [-0.1, -0.05) is 30.9 Å². The molecule has 0 unspecified atom stereocenters. The van der Waals surface area contributed by atoms with Crippen LogP contribution in [0.15, 0.2) is 61.2 Å². The van der Waals surface area contributed by atoms with Gasteiger partial charge in [-0.2, -0.15) is 13.2 Å². The van der Waals surface area contributed by atoms with Crippen LogP contribution in [-0.4, -0.2) is 6.61 Å². The molecule has 0 aliphatic rings. The average Bonchev–Trinajstić information content (AvgIpc) is 2.59. The Morgan fingerprint density at radius 2 is 1.73 bits per heavy atom. The highest BCUT2D eigenvalue weighted by Gasteiger charge is 2.34. The highest BCUT2D eigenvalue weighted by molar-refractivity contribution is 5.88. The number of benzene rings is 3. The van der Waals surface area contributed by atoms with Crippen LogP contribution in [-0.2, 0) is 6.18 Å². The van der Waals surface area contributed by atoms with Crippen molar-refractivity contribution in [1.82, 2.24) is 0 Å². The molecule has 0 heterocycles. The third-order valence-corrected chi connectivity index (χ3v) is 3.88. The number of fused-ring (bicyclic) bond motifs is 1. The van der Waals surface area contributed by atoms with Gasteiger partial charge in [-0.25, -0.2) is 8.78 Å². The Morgan fingerprint density at radius 3 is 2.38 bits per heavy atom. The van der Waals surface area contributed by atoms with Gasteiger partial charge in [0.1, 0.15) is 24.0 Å². The van der Waals surface area contributed by atoms with Crippen molar-refractivity contribution >= 4 is 10.8 Å². The molecule has 0 fully saturated rings. The van der Waals surface area contributed by atoms with Crippen molar-refractivity contribution in [1.29, 1.82) is 0 Å². The maximum absolute atomic E-state index is 14.3. The zero-order valence-electron chi connectivity index (χ0n) is 13.4. The summed E-state index contributed by atoms with van der Waals surface area (Å²) in [6, 6.07) is 10.2. The van der Waals surface area contributed by atoms with Crippen molar-refractivity contribution in [2.45, 2.75) is 6.18 Å². The van der Waals surface area contributed by atoms with Crippen LogP contribution in [0.5, 0.6) is 5.75 Å². The molecular formula is C20H13F5O. The molecule has 6 heteroatoms. The van der Waals surface area contributed by atoms with Gasteiger partial charge in [-0.15, -0.1) is 0 Å². The van der Waals surface area contributed by atoms with Crippen molar-refractivity contribution in [3.63, 3.8) is 0 Å². The van der Waals surface area contributed by atoms with E-state index in [9.17, 15) is 22.0 Å². The first kappa shape index (κ1) is 17.9. The van der Waals surface area contributed by atoms with E-state index in [1.165, 1.54) is 42.5 Å². The van der Waals surface area contributed by atoms with Crippen molar-refractivity contribution in [2.24, 2.45) is 0 Å². The van der Waals surface area contributed by atoms with Crippen molar-refractivity contribution in [3.8, 4) is 16.9 Å². The number of ether oxygens (including phenoxy) is 1. The third-order valence-electron chi connectivity index (χ3n) is 3.88. The number of halogens is 5. The standard InChI is InChI=1S/C20H13F5O/c1-2-9-26-14-5-7-15(18(21)11-14)12-3-6-16-13(10-12)4-8-17(19(16)22)20(23,24)25/h2-8,10-11H,1,9H2. The fourth-order valence-corrected chi connectivity index (χ4v) is 2.65. The molecule has 1 nitrogen and oxygen atoms in total. The summed E-state index contributed by atoms with van der Waals surface area (Å²) in [6.45, 7) is 3.73. The number of rotatable bonds is 4. The zero-order chi connectivity index (χ0) is 18.9. The number of hydrogen-bond acceptors (Lipinski definition) is 1. The SMILES string of the molecule is C=CCOc1ccc(-c2ccc3c(F)c(C(F)(F)F)ccc3c2)c(F)c1. The summed E-state index contributed by atoms with van der Waals surface area (Å²) < 4.78 is 72.1. The summed E-state index contributed by atoms with van der Waals surface area (Å²) in [5.74, 6) is -1.57. The van der Waals surface area contributed by atoms with E-state index in [2.05, 4.69) is 6.58 Å². The monoisotopic (exact) mass is 364 g/mol. The normalized spacial score (nSPS) is 11.6. The first-order valence-electron chi connectivity index (χ1n) is 7.64. The lowest BCUT2D eigenvalue weighted by Gasteiger charge is -2.12. The fourth-order valence-electron chi connectivity index (χ4n) is 2.65. The van der Waals surface area contributed by atoms with Crippen LogP contribution in [0.3, 0.4) is 0 Å². The Bertz CT molecular complexity index is 976. The second-order valence-corrected chi connectivity index (χ2v) is 5.60. The second-order valence-electron chi connectivity index (χ2n) is 5.60. The lowest BCUT2D eigenvalue weighted by Crippen LogP contribution is -2.08. The molecule has 0 N–H and O–H groups in total. The predicted octanol–water partition coefficient (Wildman–Crippen LogP) is 6.37. The van der Waals surface area contributed by atoms with Crippen LogP contribution in [0.2, 0.25) is 0 Å². The van der Waals surface area contributed by atoms with Gasteiger partial charge in [0.05, 0.1) is 5.56 Å². The van der Waals surface area contributed by atoms with Crippen LogP contribution < -0.4 is 4.74 Å². The Labute approximate surface area is 146 Å². The molecule has 0 bridgehead atoms. The molecule has 0 aromatic heterocycles. The van der Waals surface area contributed by atoms with Gasteiger partial charge >= 0.3 is 6.18 Å². The minimum Gasteiger partial charge on any atom is -0.489 e. The van der Waals surface area contributed by atoms with Gasteiger partial charge in [0.15, 0.2) is 0 Å². The van der Waals surface area contributed by atoms with Crippen LogP contribution in [0.25, 0.3) is 21.9 Å². The van der Waals surface area contributed by atoms with Gasteiger partial charge in [0, 0.05) is 17.0 Å². The van der Waals surface area contributed by atoms with Gasteiger partial charge in [0.2, 0.25) is 0 Å². The fraction of sp³-hybridized carbons (Fsp3) is 0.100. The minimum atomic E-state index is -4.77. The molecule has 0 radical (unpaired) electrons. The molecule has 26 heavy (non-hydrogen) atoms. The topological polar surface area (TPSA) is 9.23 Å². The van der Waals surface area contributed by atoms with Crippen LogP contribution in [0, 0.1) is 11.6 Å². The van der Waals surface area contributed by atoms with E-state index in [1.54, 1.807) is 6.07 Å². The third kappa shape index (κ3) is 3.40. The largest absolute Gasteiger partial charge is 0.489 e. The minimum absolute atomic E-state index is 0.171. The highest BCUT2D eigenvalue weighted by atomic mass is 19.4. The van der Waals surface area contributed by atoms with E-state index in [-0.39, 0.29) is 22.9 Å². The lowest BCUT2D eigenvalue weighted by atomic mass is 9.99. The Hall–Kier alpha value is -2.89. The van der Waals surface area contributed by atoms with Gasteiger partial charge < -0.3 is 4.74 Å². The van der Waals surface area contributed by atoms with Crippen LogP contribution in [0.4, 0.5) is 22.0 Å². The van der Waals surface area contributed by atoms with Gasteiger partial charge in [-0.3, -0.25) is 0 Å².